The van der Waals surface area contributed by atoms with Gasteiger partial charge in [0.15, 0.2) is 5.66 Å². The number of hydrogen-bond acceptors (Lipinski definition) is 4. The average Bonchev–Trinajstić information content (AvgIpc) is 3.15. The van der Waals surface area contributed by atoms with Crippen molar-refractivity contribution in [2.45, 2.75) is 43.4 Å². The van der Waals surface area contributed by atoms with Crippen LogP contribution in [-0.4, -0.2) is 33.8 Å². The lowest BCUT2D eigenvalue weighted by molar-refractivity contribution is -0.159. The number of carbonyl (C=O) groups excluding carboxylic acids is 1. The van der Waals surface area contributed by atoms with Gasteiger partial charge in [0, 0.05) is 51.7 Å². The number of nitrogens with one attached hydrogen (secondary N) is 1. The summed E-state index contributed by atoms with van der Waals surface area (Å²) < 4.78 is 40.9. The monoisotopic (exact) mass is 341 g/mol. The van der Waals surface area contributed by atoms with Crippen LogP contribution >= 0.6 is 0 Å². The number of amides is 1. The van der Waals surface area contributed by atoms with E-state index in [1.807, 2.05) is 0 Å². The Bertz CT molecular complexity index is 653. The molecule has 1 unspecified atom stereocenters. The standard InChI is InChI=1S/C15H18F3N5O/c1-3-4-5-14(21-22-14)6-7-19-12(24)10-11(15(16,17)18)13-20-8-9-23(13)2/h1,8-9,11H,4-7,10H2,2H3,(H,19,24). The molecule has 0 fully saturated rings. The van der Waals surface area contributed by atoms with E-state index in [0.717, 1.165) is 0 Å². The number of aromatic nitrogens is 2. The normalized spacial score (nSPS) is 16.5. The van der Waals surface area contributed by atoms with Crippen LogP contribution in [0.5, 0.6) is 0 Å². The van der Waals surface area contributed by atoms with Crippen molar-refractivity contribution in [2.24, 2.45) is 17.3 Å². The third-order valence-electron chi connectivity index (χ3n) is 3.85. The third-order valence-corrected chi connectivity index (χ3v) is 3.85. The Hall–Kier alpha value is -2.37. The molecule has 0 radical (unpaired) electrons. The molecule has 0 aliphatic carbocycles. The van der Waals surface area contributed by atoms with Crippen LogP contribution < -0.4 is 5.32 Å². The van der Waals surface area contributed by atoms with Crippen molar-refractivity contribution >= 4 is 5.91 Å². The van der Waals surface area contributed by atoms with E-state index in [1.165, 1.54) is 24.0 Å². The minimum Gasteiger partial charge on any atom is -0.356 e. The van der Waals surface area contributed by atoms with Gasteiger partial charge in [0.2, 0.25) is 5.91 Å². The van der Waals surface area contributed by atoms with E-state index in [4.69, 9.17) is 6.42 Å². The lowest BCUT2D eigenvalue weighted by Gasteiger charge is -2.19. The first-order valence-corrected chi connectivity index (χ1v) is 7.45. The van der Waals surface area contributed by atoms with Gasteiger partial charge in [0.25, 0.3) is 0 Å². The summed E-state index contributed by atoms with van der Waals surface area (Å²) in [6.07, 6.45) is 4.13. The van der Waals surface area contributed by atoms with E-state index < -0.39 is 30.1 Å². The second kappa shape index (κ2) is 7.03. The van der Waals surface area contributed by atoms with Crippen LogP contribution in [0.1, 0.15) is 37.4 Å². The van der Waals surface area contributed by atoms with Crippen molar-refractivity contribution in [2.75, 3.05) is 6.54 Å². The van der Waals surface area contributed by atoms with Crippen molar-refractivity contribution in [3.63, 3.8) is 0 Å². The fraction of sp³-hybridized carbons (Fsp3) is 0.600. The fourth-order valence-electron chi connectivity index (χ4n) is 2.39. The number of carbonyl (C=O) groups is 1. The maximum atomic E-state index is 13.2. The fourth-order valence-corrected chi connectivity index (χ4v) is 2.39. The minimum absolute atomic E-state index is 0.185. The number of hydrogen-bond donors (Lipinski definition) is 1. The average molecular weight is 341 g/mol. The highest BCUT2D eigenvalue weighted by molar-refractivity contribution is 5.76. The van der Waals surface area contributed by atoms with E-state index in [-0.39, 0.29) is 12.4 Å². The van der Waals surface area contributed by atoms with Crippen LogP contribution in [0.25, 0.3) is 0 Å². The van der Waals surface area contributed by atoms with Crippen molar-refractivity contribution in [1.82, 2.24) is 14.9 Å². The summed E-state index contributed by atoms with van der Waals surface area (Å²) in [7, 11) is 1.46. The second-order valence-electron chi connectivity index (χ2n) is 5.68. The molecule has 24 heavy (non-hydrogen) atoms. The first kappa shape index (κ1) is 18.0. The molecule has 0 aromatic carbocycles. The molecule has 1 aromatic heterocycles. The number of halogens is 3. The number of terminal acetylenes is 1. The molecule has 1 N–H and O–H groups in total. The summed E-state index contributed by atoms with van der Waals surface area (Å²) in [4.78, 5) is 15.6. The molecule has 0 saturated heterocycles. The molecule has 130 valence electrons. The number of alkyl halides is 3. The molecule has 6 nitrogen and oxygen atoms in total. The van der Waals surface area contributed by atoms with Gasteiger partial charge in [0.1, 0.15) is 11.7 Å². The predicted octanol–water partition coefficient (Wildman–Crippen LogP) is 2.54. The summed E-state index contributed by atoms with van der Waals surface area (Å²) >= 11 is 0. The molecule has 1 atom stereocenters. The predicted molar refractivity (Wildman–Crippen MR) is 79.9 cm³/mol. The topological polar surface area (TPSA) is 71.6 Å². The number of rotatable bonds is 8. The van der Waals surface area contributed by atoms with E-state index in [1.54, 1.807) is 0 Å². The molecule has 1 aromatic rings. The molecule has 0 saturated carbocycles. The molecular weight excluding hydrogens is 323 g/mol. The molecular formula is C15H18F3N5O. The van der Waals surface area contributed by atoms with E-state index >= 15 is 0 Å². The van der Waals surface area contributed by atoms with Gasteiger partial charge >= 0.3 is 6.18 Å². The summed E-state index contributed by atoms with van der Waals surface area (Å²) in [5.74, 6) is -0.328. The zero-order valence-electron chi connectivity index (χ0n) is 13.2. The molecule has 0 spiro atoms. The van der Waals surface area contributed by atoms with Gasteiger partial charge in [-0.25, -0.2) is 4.98 Å². The van der Waals surface area contributed by atoms with Crippen molar-refractivity contribution in [3.8, 4) is 12.3 Å². The molecule has 1 amide bonds. The summed E-state index contributed by atoms with van der Waals surface area (Å²) in [5, 5.41) is 10.3. The zero-order valence-corrected chi connectivity index (χ0v) is 13.2. The van der Waals surface area contributed by atoms with Crippen LogP contribution in [0.4, 0.5) is 13.2 Å². The van der Waals surface area contributed by atoms with Gasteiger partial charge in [-0.15, -0.1) is 12.3 Å². The van der Waals surface area contributed by atoms with Crippen molar-refractivity contribution < 1.29 is 18.0 Å². The third kappa shape index (κ3) is 4.57. The Morgan fingerprint density at radius 3 is 2.67 bits per heavy atom. The van der Waals surface area contributed by atoms with Gasteiger partial charge in [-0.3, -0.25) is 4.79 Å². The molecule has 2 heterocycles. The smallest absolute Gasteiger partial charge is 0.356 e. The maximum Gasteiger partial charge on any atom is 0.399 e. The molecule has 1 aliphatic heterocycles. The van der Waals surface area contributed by atoms with Crippen molar-refractivity contribution in [3.05, 3.63) is 18.2 Å². The summed E-state index contributed by atoms with van der Waals surface area (Å²) in [6.45, 7) is 0.196. The van der Waals surface area contributed by atoms with Crippen LogP contribution in [0, 0.1) is 12.3 Å². The lowest BCUT2D eigenvalue weighted by atomic mass is 10.0. The van der Waals surface area contributed by atoms with Gasteiger partial charge in [0.05, 0.1) is 0 Å². The van der Waals surface area contributed by atoms with Gasteiger partial charge in [-0.2, -0.15) is 23.4 Å². The first-order chi connectivity index (χ1) is 11.3. The Morgan fingerprint density at radius 2 is 2.17 bits per heavy atom. The van der Waals surface area contributed by atoms with Crippen LogP contribution in [0.3, 0.4) is 0 Å². The molecule has 2 rings (SSSR count). The van der Waals surface area contributed by atoms with Crippen LogP contribution in [0.15, 0.2) is 22.6 Å². The van der Waals surface area contributed by atoms with E-state index in [0.29, 0.717) is 19.3 Å². The number of imidazole rings is 1. The second-order valence-corrected chi connectivity index (χ2v) is 5.68. The van der Waals surface area contributed by atoms with Crippen molar-refractivity contribution in [1.29, 1.82) is 0 Å². The lowest BCUT2D eigenvalue weighted by Crippen LogP contribution is -2.33. The Kier molecular flexibility index (Phi) is 5.26. The first-order valence-electron chi connectivity index (χ1n) is 7.45. The van der Waals surface area contributed by atoms with Crippen LogP contribution in [-0.2, 0) is 11.8 Å². The number of aryl methyl sites for hydroxylation is 1. The summed E-state index contributed by atoms with van der Waals surface area (Å²) in [5.41, 5.74) is -0.567. The Morgan fingerprint density at radius 1 is 1.46 bits per heavy atom. The molecule has 0 bridgehead atoms. The van der Waals surface area contributed by atoms with Gasteiger partial charge < -0.3 is 9.88 Å². The minimum atomic E-state index is -4.55. The van der Waals surface area contributed by atoms with Gasteiger partial charge in [-0.1, -0.05) is 0 Å². The SMILES string of the molecule is C#CCCC1(CCNC(=O)CC(c2nccn2C)C(F)(F)F)N=N1. The maximum absolute atomic E-state index is 13.2. The van der Waals surface area contributed by atoms with Gasteiger partial charge in [-0.05, 0) is 0 Å². The van der Waals surface area contributed by atoms with E-state index in [9.17, 15) is 18.0 Å². The highest BCUT2D eigenvalue weighted by Gasteiger charge is 2.44. The molecule has 1 aliphatic rings. The largest absolute Gasteiger partial charge is 0.399 e. The zero-order chi connectivity index (χ0) is 17.8. The van der Waals surface area contributed by atoms with E-state index in [2.05, 4.69) is 26.4 Å². The molecule has 9 heteroatoms. The number of nitrogens with zero attached hydrogens (tertiary/aromatic N) is 4. The van der Waals surface area contributed by atoms with Crippen LogP contribution in [0.2, 0.25) is 0 Å². The highest BCUT2D eigenvalue weighted by atomic mass is 19.4. The quantitative estimate of drug-likeness (QED) is 0.738. The summed E-state index contributed by atoms with van der Waals surface area (Å²) in [6, 6.07) is 0. The Balaban J connectivity index is 1.86. The Labute approximate surface area is 137 Å². The highest BCUT2D eigenvalue weighted by Crippen LogP contribution is 2.37.